The Morgan fingerprint density at radius 1 is 0.429 bits per heavy atom. The van der Waals surface area contributed by atoms with Gasteiger partial charge in [0.1, 0.15) is 0 Å². The van der Waals surface area contributed by atoms with Crippen molar-refractivity contribution in [2.24, 2.45) is 0 Å². The van der Waals surface area contributed by atoms with Gasteiger partial charge in [-0.2, -0.15) is 0 Å². The van der Waals surface area contributed by atoms with E-state index in [1.165, 1.54) is 60.8 Å². The highest BCUT2D eigenvalue weighted by Gasteiger charge is 2.19. The lowest BCUT2D eigenvalue weighted by Gasteiger charge is -2.27. The van der Waals surface area contributed by atoms with Crippen molar-refractivity contribution >= 4 is 44.4 Å². The molecule has 0 amide bonds. The van der Waals surface area contributed by atoms with Crippen LogP contribution in [0.1, 0.15) is 23.5 Å². The molecule has 1 heterocycles. The summed E-state index contributed by atoms with van der Waals surface area (Å²) in [6.07, 6.45) is 8.02. The summed E-state index contributed by atoms with van der Waals surface area (Å²) in [7, 11) is 0. The van der Waals surface area contributed by atoms with E-state index in [1.54, 1.807) is 0 Å². The molecule has 2 heteroatoms. The van der Waals surface area contributed by atoms with E-state index in [2.05, 4.69) is 234 Å². The number of aromatic nitrogens is 1. The van der Waals surface area contributed by atoms with E-state index >= 15 is 0 Å². The van der Waals surface area contributed by atoms with Gasteiger partial charge in [-0.25, -0.2) is 0 Å². The Hall–Kier alpha value is -7.16. The van der Waals surface area contributed by atoms with Crippen molar-refractivity contribution in [1.82, 2.24) is 4.57 Å². The van der Waals surface area contributed by atoms with Crippen LogP contribution in [0.25, 0.3) is 55.3 Å². The van der Waals surface area contributed by atoms with Crippen molar-refractivity contribution in [3.8, 4) is 27.9 Å². The van der Waals surface area contributed by atoms with Crippen LogP contribution in [0, 0.1) is 0 Å². The lowest BCUT2D eigenvalue weighted by molar-refractivity contribution is 0.857. The number of allylic oxidation sites excluding steroid dienone is 4. The van der Waals surface area contributed by atoms with Gasteiger partial charge in [0.2, 0.25) is 0 Å². The third kappa shape index (κ3) is 6.22. The fourth-order valence-corrected chi connectivity index (χ4v) is 8.43. The Bertz CT molecular complexity index is 2810. The highest BCUT2D eigenvalue weighted by Crippen LogP contribution is 2.42. The molecule has 2 nitrogen and oxygen atoms in total. The number of nitrogens with zero attached hydrogens (tertiary/aromatic N) is 2. The number of fused-ring (bicyclic) bond motifs is 3. The Morgan fingerprint density at radius 2 is 1.02 bits per heavy atom. The maximum Gasteiger partial charge on any atom is 0.0541 e. The zero-order valence-electron chi connectivity index (χ0n) is 31.0. The average molecular weight is 717 g/mol. The number of rotatable bonds is 8. The van der Waals surface area contributed by atoms with Crippen LogP contribution in [0.15, 0.2) is 224 Å². The minimum Gasteiger partial charge on any atom is -0.310 e. The fourth-order valence-electron chi connectivity index (χ4n) is 8.43. The molecular weight excluding hydrogens is 677 g/mol. The molecule has 8 aromatic carbocycles. The summed E-state index contributed by atoms with van der Waals surface area (Å²) in [6, 6.07) is 74.7. The maximum absolute atomic E-state index is 2.42. The molecule has 1 aromatic heterocycles. The first kappa shape index (κ1) is 33.4. The lowest BCUT2D eigenvalue weighted by atomic mass is 9.87. The van der Waals surface area contributed by atoms with Gasteiger partial charge in [-0.1, -0.05) is 164 Å². The molecular formula is C54H40N2. The first-order chi connectivity index (χ1) is 27.8. The summed E-state index contributed by atoms with van der Waals surface area (Å²) in [6.45, 7) is 0. The van der Waals surface area contributed by atoms with Gasteiger partial charge in [0.15, 0.2) is 0 Å². The number of benzene rings is 8. The molecule has 0 N–H and O–H groups in total. The number of hydrogen-bond donors (Lipinski definition) is 0. The van der Waals surface area contributed by atoms with Crippen molar-refractivity contribution < 1.29 is 0 Å². The minimum atomic E-state index is 0.384. The number of hydrogen-bond acceptors (Lipinski definition) is 1. The van der Waals surface area contributed by atoms with E-state index in [9.17, 15) is 0 Å². The highest BCUT2D eigenvalue weighted by atomic mass is 15.1. The predicted octanol–water partition coefficient (Wildman–Crippen LogP) is 14.7. The van der Waals surface area contributed by atoms with Crippen LogP contribution in [0.2, 0.25) is 0 Å². The topological polar surface area (TPSA) is 8.17 Å². The SMILES string of the molecule is C1=CC(c2ccc(N(c3ccccc3)c3ccc(-c4cccc(-n5c6ccccc6c6ccccc65)c4)c(-c4ccccc4)c3)cc2)=CC(c2ccccc2)C1. The third-order valence-corrected chi connectivity index (χ3v) is 11.1. The summed E-state index contributed by atoms with van der Waals surface area (Å²) in [4.78, 5) is 2.37. The molecule has 0 fully saturated rings. The summed E-state index contributed by atoms with van der Waals surface area (Å²) in [5.41, 5.74) is 15.5. The zero-order chi connectivity index (χ0) is 37.3. The molecule has 0 saturated carbocycles. The van der Waals surface area contributed by atoms with Gasteiger partial charge >= 0.3 is 0 Å². The second-order valence-corrected chi connectivity index (χ2v) is 14.5. The smallest absolute Gasteiger partial charge is 0.0541 e. The van der Waals surface area contributed by atoms with Crippen molar-refractivity contribution in [2.75, 3.05) is 4.90 Å². The fraction of sp³-hybridized carbons (Fsp3) is 0.0370. The number of anilines is 3. The second kappa shape index (κ2) is 14.6. The molecule has 0 saturated heterocycles. The van der Waals surface area contributed by atoms with Gasteiger partial charge in [-0.05, 0) is 106 Å². The molecule has 0 bridgehead atoms. The Kier molecular flexibility index (Phi) is 8.70. The van der Waals surface area contributed by atoms with E-state index in [0.29, 0.717) is 5.92 Å². The Labute approximate surface area is 328 Å². The van der Waals surface area contributed by atoms with Crippen LogP contribution in [0.3, 0.4) is 0 Å². The quantitative estimate of drug-likeness (QED) is 0.152. The van der Waals surface area contributed by atoms with Crippen molar-refractivity contribution in [3.05, 3.63) is 236 Å². The average Bonchev–Trinajstić information content (AvgIpc) is 3.62. The van der Waals surface area contributed by atoms with E-state index in [0.717, 1.165) is 29.2 Å². The summed E-state index contributed by atoms with van der Waals surface area (Å²) in [5, 5.41) is 2.53. The van der Waals surface area contributed by atoms with Crippen LogP contribution in [0.5, 0.6) is 0 Å². The van der Waals surface area contributed by atoms with Gasteiger partial charge < -0.3 is 9.47 Å². The molecule has 0 aliphatic heterocycles. The molecule has 0 radical (unpaired) electrons. The van der Waals surface area contributed by atoms with Crippen LogP contribution in [-0.2, 0) is 0 Å². The molecule has 266 valence electrons. The maximum atomic E-state index is 2.42. The van der Waals surface area contributed by atoms with Crippen molar-refractivity contribution in [1.29, 1.82) is 0 Å². The summed E-state index contributed by atoms with van der Waals surface area (Å²) < 4.78 is 2.40. The lowest BCUT2D eigenvalue weighted by Crippen LogP contribution is -2.10. The first-order valence-corrected chi connectivity index (χ1v) is 19.5. The first-order valence-electron chi connectivity index (χ1n) is 19.5. The third-order valence-electron chi connectivity index (χ3n) is 11.1. The molecule has 10 rings (SSSR count). The normalized spacial score (nSPS) is 13.9. The van der Waals surface area contributed by atoms with Gasteiger partial charge in [0, 0.05) is 39.4 Å². The van der Waals surface area contributed by atoms with E-state index in [-0.39, 0.29) is 0 Å². The standard InChI is InChI=1S/C54H40N2/c1-4-16-39(17-5-1)42-20-14-21-43(36-42)40-30-32-46(33-31-40)55(45-23-8-3-9-24-45)48-34-35-49(52(38-48)41-18-6-2-7-19-41)44-22-15-25-47(37-44)56-53-28-12-10-26-50(53)51-27-11-13-29-54(51)56/h1-19,21-38,42H,20H2. The van der Waals surface area contributed by atoms with Gasteiger partial charge in [-0.3, -0.25) is 0 Å². The Morgan fingerprint density at radius 3 is 1.73 bits per heavy atom. The van der Waals surface area contributed by atoms with Crippen molar-refractivity contribution in [2.45, 2.75) is 12.3 Å². The zero-order valence-corrected chi connectivity index (χ0v) is 31.0. The molecule has 1 unspecified atom stereocenters. The van der Waals surface area contributed by atoms with Gasteiger partial charge in [0.25, 0.3) is 0 Å². The van der Waals surface area contributed by atoms with E-state index in [4.69, 9.17) is 0 Å². The second-order valence-electron chi connectivity index (χ2n) is 14.5. The molecule has 0 spiro atoms. The number of para-hydroxylation sites is 3. The molecule has 1 aliphatic rings. The van der Waals surface area contributed by atoms with E-state index in [1.807, 2.05) is 0 Å². The molecule has 1 atom stereocenters. The minimum absolute atomic E-state index is 0.384. The Balaban J connectivity index is 1.07. The van der Waals surface area contributed by atoms with Crippen LogP contribution in [-0.4, -0.2) is 4.57 Å². The van der Waals surface area contributed by atoms with Crippen LogP contribution < -0.4 is 4.90 Å². The molecule has 9 aromatic rings. The van der Waals surface area contributed by atoms with Gasteiger partial charge in [0.05, 0.1) is 11.0 Å². The molecule has 56 heavy (non-hydrogen) atoms. The summed E-state index contributed by atoms with van der Waals surface area (Å²) in [5.74, 6) is 0.384. The van der Waals surface area contributed by atoms with Crippen molar-refractivity contribution in [3.63, 3.8) is 0 Å². The summed E-state index contributed by atoms with van der Waals surface area (Å²) >= 11 is 0. The predicted molar refractivity (Wildman–Crippen MR) is 237 cm³/mol. The highest BCUT2D eigenvalue weighted by molar-refractivity contribution is 6.09. The monoisotopic (exact) mass is 716 g/mol. The van der Waals surface area contributed by atoms with Crippen LogP contribution >= 0.6 is 0 Å². The van der Waals surface area contributed by atoms with Gasteiger partial charge in [-0.15, -0.1) is 0 Å². The largest absolute Gasteiger partial charge is 0.310 e. The molecule has 1 aliphatic carbocycles. The van der Waals surface area contributed by atoms with Crippen LogP contribution in [0.4, 0.5) is 17.1 Å². The van der Waals surface area contributed by atoms with E-state index < -0.39 is 0 Å².